The smallest absolute Gasteiger partial charge is 0.179 e. The van der Waals surface area contributed by atoms with Gasteiger partial charge in [-0.3, -0.25) is 0 Å². The van der Waals surface area contributed by atoms with Gasteiger partial charge in [0.15, 0.2) is 11.5 Å². The summed E-state index contributed by atoms with van der Waals surface area (Å²) in [4.78, 5) is 5.35. The lowest BCUT2D eigenvalue weighted by molar-refractivity contribution is 0.127. The van der Waals surface area contributed by atoms with Crippen molar-refractivity contribution in [3.63, 3.8) is 0 Å². The Balaban J connectivity index is 1.62. The van der Waals surface area contributed by atoms with Crippen molar-refractivity contribution in [1.82, 2.24) is 0 Å². The van der Waals surface area contributed by atoms with Gasteiger partial charge < -0.3 is 20.0 Å². The monoisotopic (exact) mass is 310 g/mol. The van der Waals surface area contributed by atoms with Gasteiger partial charge in [-0.15, -0.1) is 0 Å². The molecule has 21 heavy (non-hydrogen) atoms. The molecule has 6 heteroatoms. The topological polar surface area (TPSA) is 66.1 Å². The molecule has 0 atom stereocenters. The summed E-state index contributed by atoms with van der Waals surface area (Å²) in [5.41, 5.74) is 6.82. The number of nitrogens with two attached hydrogens (primary N) is 1. The normalized spacial score (nSPS) is 18.8. The van der Waals surface area contributed by atoms with Crippen LogP contribution in [-0.4, -0.2) is 19.0 Å². The van der Waals surface area contributed by atoms with Gasteiger partial charge in [-0.05, 0) is 30.5 Å². The zero-order chi connectivity index (χ0) is 14.7. The van der Waals surface area contributed by atoms with Crippen LogP contribution in [0.2, 0.25) is 5.02 Å². The van der Waals surface area contributed by atoms with E-state index in [4.69, 9.17) is 31.6 Å². The fraction of sp³-hybridized carbons (Fsp3) is 0.533. The van der Waals surface area contributed by atoms with Gasteiger partial charge >= 0.3 is 0 Å². The number of halogens is 1. The molecule has 1 aromatic carbocycles. The molecular formula is C15H19ClN2O3. The molecule has 0 saturated heterocycles. The minimum absolute atomic E-state index is 0.309. The van der Waals surface area contributed by atoms with E-state index in [0.29, 0.717) is 48.1 Å². The number of nitrogens with zero attached hydrogens (tertiary/aromatic N) is 1. The van der Waals surface area contributed by atoms with Gasteiger partial charge in [0.1, 0.15) is 25.7 Å². The van der Waals surface area contributed by atoms with Crippen LogP contribution in [-0.2, 0) is 11.4 Å². The summed E-state index contributed by atoms with van der Waals surface area (Å²) in [6, 6.07) is 3.66. The summed E-state index contributed by atoms with van der Waals surface area (Å²) in [5.74, 6) is 2.21. The highest BCUT2D eigenvalue weighted by molar-refractivity contribution is 6.32. The summed E-state index contributed by atoms with van der Waals surface area (Å²) in [5, 5.41) is 4.55. The standard InChI is InChI=1S/C15H19ClN2O3/c16-12-7-10(8-13-14(12)20-6-5-19-13)9-21-18-15(17)11-3-1-2-4-11/h7-8,11H,1-6,9H2,(H2,17,18). The third kappa shape index (κ3) is 3.35. The molecule has 3 rings (SSSR count). The van der Waals surface area contributed by atoms with Gasteiger partial charge in [0, 0.05) is 5.92 Å². The average molecular weight is 311 g/mol. The van der Waals surface area contributed by atoms with Crippen molar-refractivity contribution < 1.29 is 14.3 Å². The van der Waals surface area contributed by atoms with Crippen LogP contribution >= 0.6 is 11.6 Å². The Morgan fingerprint density at radius 2 is 2.05 bits per heavy atom. The molecule has 0 spiro atoms. The molecule has 0 bridgehead atoms. The molecule has 1 aliphatic carbocycles. The number of hydrogen-bond acceptors (Lipinski definition) is 4. The Bertz CT molecular complexity index is 542. The molecule has 2 aliphatic rings. The van der Waals surface area contributed by atoms with Gasteiger partial charge in [0.25, 0.3) is 0 Å². The minimum Gasteiger partial charge on any atom is -0.486 e. The SMILES string of the molecule is N/C(=N/OCc1cc(Cl)c2c(c1)OCCO2)C1CCCC1. The first-order valence-corrected chi connectivity index (χ1v) is 7.65. The summed E-state index contributed by atoms with van der Waals surface area (Å²) in [6.45, 7) is 1.36. The number of oxime groups is 1. The van der Waals surface area contributed by atoms with Crippen molar-refractivity contribution in [2.45, 2.75) is 32.3 Å². The second-order valence-electron chi connectivity index (χ2n) is 5.37. The number of benzene rings is 1. The molecule has 0 unspecified atom stereocenters. The van der Waals surface area contributed by atoms with Crippen molar-refractivity contribution in [3.05, 3.63) is 22.7 Å². The summed E-state index contributed by atoms with van der Waals surface area (Å²) in [7, 11) is 0. The van der Waals surface area contributed by atoms with Crippen LogP contribution in [0.3, 0.4) is 0 Å². The van der Waals surface area contributed by atoms with E-state index in [1.807, 2.05) is 6.07 Å². The second-order valence-corrected chi connectivity index (χ2v) is 5.78. The Hall–Kier alpha value is -1.62. The molecule has 1 heterocycles. The number of amidine groups is 1. The summed E-state index contributed by atoms with van der Waals surface area (Å²) >= 11 is 6.17. The van der Waals surface area contributed by atoms with Crippen molar-refractivity contribution in [2.24, 2.45) is 16.8 Å². The lowest BCUT2D eigenvalue weighted by Crippen LogP contribution is -2.21. The number of hydrogen-bond donors (Lipinski definition) is 1. The highest BCUT2D eigenvalue weighted by Crippen LogP contribution is 2.38. The van der Waals surface area contributed by atoms with Crippen molar-refractivity contribution in [1.29, 1.82) is 0 Å². The Labute approximate surface area is 129 Å². The van der Waals surface area contributed by atoms with E-state index in [2.05, 4.69) is 5.16 Å². The van der Waals surface area contributed by atoms with Crippen LogP contribution in [0.1, 0.15) is 31.2 Å². The maximum absolute atomic E-state index is 6.17. The Morgan fingerprint density at radius 1 is 1.29 bits per heavy atom. The van der Waals surface area contributed by atoms with Crippen molar-refractivity contribution in [2.75, 3.05) is 13.2 Å². The molecule has 5 nitrogen and oxygen atoms in total. The van der Waals surface area contributed by atoms with Gasteiger partial charge in [-0.25, -0.2) is 0 Å². The first-order chi connectivity index (χ1) is 10.2. The largest absolute Gasteiger partial charge is 0.486 e. The van der Waals surface area contributed by atoms with E-state index in [1.54, 1.807) is 6.07 Å². The molecule has 2 N–H and O–H groups in total. The zero-order valence-electron chi connectivity index (χ0n) is 11.8. The number of ether oxygens (including phenoxy) is 2. The molecule has 0 amide bonds. The van der Waals surface area contributed by atoms with Gasteiger partial charge in [-0.1, -0.05) is 29.6 Å². The number of fused-ring (bicyclic) bond motifs is 1. The molecule has 1 fully saturated rings. The zero-order valence-corrected chi connectivity index (χ0v) is 12.6. The fourth-order valence-corrected chi connectivity index (χ4v) is 3.01. The van der Waals surface area contributed by atoms with E-state index in [9.17, 15) is 0 Å². The minimum atomic E-state index is 0.309. The predicted octanol–water partition coefficient (Wildman–Crippen LogP) is 3.09. The lowest BCUT2D eigenvalue weighted by Gasteiger charge is -2.20. The van der Waals surface area contributed by atoms with E-state index in [0.717, 1.165) is 18.4 Å². The van der Waals surface area contributed by atoms with Crippen LogP contribution in [0.25, 0.3) is 0 Å². The number of rotatable bonds is 4. The van der Waals surface area contributed by atoms with Crippen LogP contribution in [0, 0.1) is 5.92 Å². The average Bonchev–Trinajstić information content (AvgIpc) is 3.01. The molecule has 0 aromatic heterocycles. The van der Waals surface area contributed by atoms with E-state index >= 15 is 0 Å². The fourth-order valence-electron chi connectivity index (χ4n) is 2.73. The maximum Gasteiger partial charge on any atom is 0.179 e. The van der Waals surface area contributed by atoms with Gasteiger partial charge in [-0.2, -0.15) is 0 Å². The van der Waals surface area contributed by atoms with E-state index in [1.165, 1.54) is 12.8 Å². The Morgan fingerprint density at radius 3 is 2.86 bits per heavy atom. The predicted molar refractivity (Wildman–Crippen MR) is 80.8 cm³/mol. The second kappa shape index (κ2) is 6.43. The van der Waals surface area contributed by atoms with E-state index in [-0.39, 0.29) is 0 Å². The quantitative estimate of drug-likeness (QED) is 0.527. The third-order valence-electron chi connectivity index (χ3n) is 3.83. The highest BCUT2D eigenvalue weighted by Gasteiger charge is 2.19. The van der Waals surface area contributed by atoms with Crippen LogP contribution in [0.15, 0.2) is 17.3 Å². The summed E-state index contributed by atoms with van der Waals surface area (Å²) < 4.78 is 11.0. The third-order valence-corrected chi connectivity index (χ3v) is 4.11. The van der Waals surface area contributed by atoms with Crippen molar-refractivity contribution in [3.8, 4) is 11.5 Å². The van der Waals surface area contributed by atoms with Crippen molar-refractivity contribution >= 4 is 17.4 Å². The van der Waals surface area contributed by atoms with Crippen LogP contribution in [0.5, 0.6) is 11.5 Å². The van der Waals surface area contributed by atoms with Crippen LogP contribution in [0.4, 0.5) is 0 Å². The molecular weight excluding hydrogens is 292 g/mol. The van der Waals surface area contributed by atoms with Gasteiger partial charge in [0.05, 0.1) is 5.02 Å². The molecule has 1 aromatic rings. The Kier molecular flexibility index (Phi) is 4.39. The molecule has 114 valence electrons. The lowest BCUT2D eigenvalue weighted by atomic mass is 10.1. The highest BCUT2D eigenvalue weighted by atomic mass is 35.5. The van der Waals surface area contributed by atoms with E-state index < -0.39 is 0 Å². The van der Waals surface area contributed by atoms with Gasteiger partial charge in [0.2, 0.25) is 0 Å². The summed E-state index contributed by atoms with van der Waals surface area (Å²) in [6.07, 6.45) is 4.65. The molecule has 0 radical (unpaired) electrons. The maximum atomic E-state index is 6.17. The first-order valence-electron chi connectivity index (χ1n) is 7.27. The van der Waals surface area contributed by atoms with Crippen LogP contribution < -0.4 is 15.2 Å². The molecule has 1 saturated carbocycles. The molecule has 1 aliphatic heterocycles. The first kappa shape index (κ1) is 14.3.